The number of hydrogen-bond acceptors (Lipinski definition) is 3. The Labute approximate surface area is 104 Å². The molecule has 1 aromatic rings. The number of ether oxygens (including phenoxy) is 2. The molecule has 88 valence electrons. The van der Waals surface area contributed by atoms with Crippen LogP contribution in [-0.4, -0.2) is 20.0 Å². The fourth-order valence-corrected chi connectivity index (χ4v) is 2.04. The normalized spacial score (nSPS) is 10.1. The van der Waals surface area contributed by atoms with Gasteiger partial charge in [-0.2, -0.15) is 0 Å². The highest BCUT2D eigenvalue weighted by Gasteiger charge is 2.16. The number of benzene rings is 1. The van der Waals surface area contributed by atoms with E-state index in [4.69, 9.17) is 9.47 Å². The fourth-order valence-electron chi connectivity index (χ4n) is 1.59. The molecule has 0 heterocycles. The van der Waals surface area contributed by atoms with Crippen LogP contribution in [0.1, 0.15) is 18.1 Å². The van der Waals surface area contributed by atoms with Crippen LogP contribution in [0.2, 0.25) is 0 Å². The van der Waals surface area contributed by atoms with Gasteiger partial charge in [-0.1, -0.05) is 15.9 Å². The molecule has 3 nitrogen and oxygen atoms in total. The molecule has 0 unspecified atom stereocenters. The molecule has 1 aromatic carbocycles. The van der Waals surface area contributed by atoms with Crippen LogP contribution in [0.3, 0.4) is 0 Å². The van der Waals surface area contributed by atoms with Crippen molar-refractivity contribution in [3.63, 3.8) is 0 Å². The monoisotopic (exact) mass is 286 g/mol. The third-order valence-corrected chi connectivity index (χ3v) is 3.24. The second kappa shape index (κ2) is 5.34. The second-order valence-corrected chi connectivity index (χ2v) is 4.43. The van der Waals surface area contributed by atoms with Gasteiger partial charge in [-0.15, -0.1) is 0 Å². The van der Waals surface area contributed by atoms with Crippen molar-refractivity contribution < 1.29 is 14.3 Å². The van der Waals surface area contributed by atoms with Crippen molar-refractivity contribution in [2.45, 2.75) is 20.3 Å². The van der Waals surface area contributed by atoms with Gasteiger partial charge in [-0.05, 0) is 25.5 Å². The molecular weight excluding hydrogens is 272 g/mol. The van der Waals surface area contributed by atoms with E-state index in [1.165, 1.54) is 0 Å². The topological polar surface area (TPSA) is 35.5 Å². The summed E-state index contributed by atoms with van der Waals surface area (Å²) in [6.45, 7) is 3.51. The first-order chi connectivity index (χ1) is 7.51. The summed E-state index contributed by atoms with van der Waals surface area (Å²) < 4.78 is 11.5. The van der Waals surface area contributed by atoms with E-state index in [0.717, 1.165) is 15.6 Å². The van der Waals surface area contributed by atoms with Gasteiger partial charge < -0.3 is 9.47 Å². The van der Waals surface area contributed by atoms with Crippen LogP contribution in [-0.2, 0) is 11.2 Å². The van der Waals surface area contributed by atoms with Crippen LogP contribution in [0.15, 0.2) is 10.5 Å². The summed E-state index contributed by atoms with van der Waals surface area (Å²) in [6.07, 6.45) is 0.352. The lowest BCUT2D eigenvalue weighted by Gasteiger charge is -2.15. The molecule has 1 rings (SSSR count). The Bertz CT molecular complexity index is 413. The predicted octanol–water partition coefficient (Wildman–Crippen LogP) is 2.91. The molecule has 0 atom stereocenters. The van der Waals surface area contributed by atoms with Gasteiger partial charge in [-0.25, -0.2) is 0 Å². The van der Waals surface area contributed by atoms with Crippen molar-refractivity contribution in [3.05, 3.63) is 21.7 Å². The minimum Gasteiger partial charge on any atom is -0.493 e. The summed E-state index contributed by atoms with van der Waals surface area (Å²) in [7, 11) is 3.16. The number of hydrogen-bond donors (Lipinski definition) is 0. The summed E-state index contributed by atoms with van der Waals surface area (Å²) in [5.74, 6) is 1.37. The lowest BCUT2D eigenvalue weighted by Crippen LogP contribution is -2.04. The lowest BCUT2D eigenvalue weighted by atomic mass is 10.0. The number of carbonyl (C=O) groups is 1. The molecule has 0 saturated heterocycles. The van der Waals surface area contributed by atoms with Gasteiger partial charge in [0.15, 0.2) is 11.5 Å². The Morgan fingerprint density at radius 2 is 2.00 bits per heavy atom. The molecule has 16 heavy (non-hydrogen) atoms. The van der Waals surface area contributed by atoms with Gasteiger partial charge in [0, 0.05) is 16.5 Å². The van der Waals surface area contributed by atoms with E-state index in [9.17, 15) is 4.79 Å². The SMILES string of the molecule is COc1cc(Br)c(C)c(CC(C)=O)c1OC. The molecule has 4 heteroatoms. The lowest BCUT2D eigenvalue weighted by molar-refractivity contribution is -0.116. The Hall–Kier alpha value is -1.03. The van der Waals surface area contributed by atoms with Crippen molar-refractivity contribution in [3.8, 4) is 11.5 Å². The van der Waals surface area contributed by atoms with Gasteiger partial charge in [0.05, 0.1) is 14.2 Å². The Morgan fingerprint density at radius 1 is 1.38 bits per heavy atom. The Kier molecular flexibility index (Phi) is 4.35. The standard InChI is InChI=1S/C12H15BrO3/c1-7(14)5-9-8(2)10(13)6-11(15-3)12(9)16-4/h6H,5H2,1-4H3. The third kappa shape index (κ3) is 2.55. The molecule has 0 fully saturated rings. The molecule has 0 aromatic heterocycles. The largest absolute Gasteiger partial charge is 0.493 e. The van der Waals surface area contributed by atoms with Crippen LogP contribution >= 0.6 is 15.9 Å². The number of halogens is 1. The number of ketones is 1. The van der Waals surface area contributed by atoms with E-state index in [1.54, 1.807) is 21.1 Å². The fraction of sp³-hybridized carbons (Fsp3) is 0.417. The smallest absolute Gasteiger partial charge is 0.164 e. The summed E-state index contributed by atoms with van der Waals surface area (Å²) >= 11 is 3.44. The molecule has 0 spiro atoms. The van der Waals surface area contributed by atoms with Gasteiger partial charge >= 0.3 is 0 Å². The summed E-state index contributed by atoms with van der Waals surface area (Å²) in [5, 5.41) is 0. The number of rotatable bonds is 4. The van der Waals surface area contributed by atoms with Gasteiger partial charge in [-0.3, -0.25) is 4.79 Å². The van der Waals surface area contributed by atoms with E-state index in [-0.39, 0.29) is 5.78 Å². The predicted molar refractivity (Wildman–Crippen MR) is 66.4 cm³/mol. The van der Waals surface area contributed by atoms with Gasteiger partial charge in [0.1, 0.15) is 5.78 Å². The molecular formula is C12H15BrO3. The van der Waals surface area contributed by atoms with E-state index in [2.05, 4.69) is 15.9 Å². The average Bonchev–Trinajstić information content (AvgIpc) is 2.23. The quantitative estimate of drug-likeness (QED) is 0.854. The van der Waals surface area contributed by atoms with Crippen LogP contribution < -0.4 is 9.47 Å². The minimum atomic E-state index is 0.0987. The molecule has 0 aliphatic heterocycles. The van der Waals surface area contributed by atoms with Crippen molar-refractivity contribution >= 4 is 21.7 Å². The summed E-state index contributed by atoms with van der Waals surface area (Å²) in [4.78, 5) is 11.2. The third-order valence-electron chi connectivity index (χ3n) is 2.42. The van der Waals surface area contributed by atoms with Crippen LogP contribution in [0, 0.1) is 6.92 Å². The molecule has 0 N–H and O–H groups in total. The summed E-state index contributed by atoms with van der Waals surface area (Å²) in [5.41, 5.74) is 1.88. The van der Waals surface area contributed by atoms with Crippen LogP contribution in [0.5, 0.6) is 11.5 Å². The van der Waals surface area contributed by atoms with E-state index < -0.39 is 0 Å². The molecule has 0 radical (unpaired) electrons. The minimum absolute atomic E-state index is 0.0987. The van der Waals surface area contributed by atoms with Crippen molar-refractivity contribution in [1.29, 1.82) is 0 Å². The van der Waals surface area contributed by atoms with E-state index >= 15 is 0 Å². The molecule has 0 aliphatic carbocycles. The zero-order valence-electron chi connectivity index (χ0n) is 9.89. The van der Waals surface area contributed by atoms with Crippen LogP contribution in [0.4, 0.5) is 0 Å². The maximum absolute atomic E-state index is 11.2. The maximum Gasteiger partial charge on any atom is 0.164 e. The van der Waals surface area contributed by atoms with E-state index in [0.29, 0.717) is 17.9 Å². The Balaban J connectivity index is 3.40. The van der Waals surface area contributed by atoms with Crippen LogP contribution in [0.25, 0.3) is 0 Å². The maximum atomic E-state index is 11.2. The molecule has 0 saturated carbocycles. The molecule has 0 bridgehead atoms. The highest BCUT2D eigenvalue weighted by Crippen LogP contribution is 2.38. The van der Waals surface area contributed by atoms with Gasteiger partial charge in [0.25, 0.3) is 0 Å². The summed E-state index contributed by atoms with van der Waals surface area (Å²) in [6, 6.07) is 1.85. The second-order valence-electron chi connectivity index (χ2n) is 3.58. The van der Waals surface area contributed by atoms with Gasteiger partial charge in [0.2, 0.25) is 0 Å². The van der Waals surface area contributed by atoms with E-state index in [1.807, 2.05) is 13.0 Å². The average molecular weight is 287 g/mol. The van der Waals surface area contributed by atoms with Crippen molar-refractivity contribution in [2.75, 3.05) is 14.2 Å². The molecule has 0 amide bonds. The molecule has 0 aliphatic rings. The number of methoxy groups -OCH3 is 2. The van der Waals surface area contributed by atoms with Crippen molar-refractivity contribution in [2.24, 2.45) is 0 Å². The first kappa shape index (κ1) is 13.0. The highest BCUT2D eigenvalue weighted by molar-refractivity contribution is 9.10. The zero-order valence-corrected chi connectivity index (χ0v) is 11.5. The first-order valence-electron chi connectivity index (χ1n) is 4.90. The zero-order chi connectivity index (χ0) is 12.3. The highest BCUT2D eigenvalue weighted by atomic mass is 79.9. The number of Topliss-reactive ketones (excluding diaryl/α,β-unsaturated/α-hetero) is 1. The Morgan fingerprint density at radius 3 is 2.44 bits per heavy atom. The van der Waals surface area contributed by atoms with Crippen molar-refractivity contribution in [1.82, 2.24) is 0 Å². The first-order valence-corrected chi connectivity index (χ1v) is 5.70. The number of carbonyl (C=O) groups excluding carboxylic acids is 1.